The van der Waals surface area contributed by atoms with E-state index in [0.717, 1.165) is 11.3 Å². The Labute approximate surface area is 179 Å². The molecule has 0 unspecified atom stereocenters. The van der Waals surface area contributed by atoms with Gasteiger partial charge < -0.3 is 14.0 Å². The Morgan fingerprint density at radius 1 is 1.45 bits per heavy atom. The fraction of sp³-hybridized carbons (Fsp3) is 0.500. The summed E-state index contributed by atoms with van der Waals surface area (Å²) in [6.07, 6.45) is 1.48. The van der Waals surface area contributed by atoms with Crippen LogP contribution in [0.3, 0.4) is 0 Å². The second-order valence-electron chi connectivity index (χ2n) is 8.12. The van der Waals surface area contributed by atoms with Crippen LogP contribution >= 0.6 is 11.6 Å². The first kappa shape index (κ1) is 22.1. The smallest absolute Gasteiger partial charge is 0.339 e. The van der Waals surface area contributed by atoms with E-state index in [1.807, 2.05) is 20.8 Å². The van der Waals surface area contributed by atoms with Gasteiger partial charge in [-0.3, -0.25) is 0 Å². The van der Waals surface area contributed by atoms with Crippen molar-refractivity contribution in [2.75, 3.05) is 6.61 Å². The van der Waals surface area contributed by atoms with E-state index in [1.54, 1.807) is 42.9 Å². The van der Waals surface area contributed by atoms with Crippen LogP contribution in [-0.4, -0.2) is 37.8 Å². The topological polar surface area (TPSA) is 88.4 Å². The van der Waals surface area contributed by atoms with E-state index >= 15 is 0 Å². The molecule has 0 aliphatic carbocycles. The normalized spacial score (nSPS) is 17.9. The molecule has 0 radical (unpaired) electrons. The zero-order valence-corrected chi connectivity index (χ0v) is 18.8. The van der Waals surface area contributed by atoms with Crippen LogP contribution in [0.5, 0.6) is 0 Å². The molecule has 1 aliphatic heterocycles. The molecule has 2 atom stereocenters. The van der Waals surface area contributed by atoms with Gasteiger partial charge in [-0.2, -0.15) is 5.10 Å². The SMILES string of the molecule is CC(C)OC(=O)c1cccc(-n2ncc3c2COC[C@H]3N[S@@+]([O-])C(C)(C)C)c1Cl. The molecule has 0 saturated carbocycles. The summed E-state index contributed by atoms with van der Waals surface area (Å²) < 4.78 is 27.9. The number of rotatable bonds is 5. The Morgan fingerprint density at radius 3 is 2.83 bits per heavy atom. The van der Waals surface area contributed by atoms with Crippen LogP contribution in [0, 0.1) is 0 Å². The van der Waals surface area contributed by atoms with E-state index in [9.17, 15) is 9.35 Å². The van der Waals surface area contributed by atoms with Crippen LogP contribution in [0.4, 0.5) is 0 Å². The molecule has 1 aromatic carbocycles. The molecule has 3 rings (SSSR count). The second-order valence-corrected chi connectivity index (χ2v) is 10.5. The number of carbonyl (C=O) groups is 1. The van der Waals surface area contributed by atoms with Crippen molar-refractivity contribution >= 4 is 28.9 Å². The summed E-state index contributed by atoms with van der Waals surface area (Å²) in [5, 5.41) is 4.73. The van der Waals surface area contributed by atoms with E-state index < -0.39 is 22.1 Å². The van der Waals surface area contributed by atoms with Gasteiger partial charge in [0.2, 0.25) is 0 Å². The van der Waals surface area contributed by atoms with Crippen LogP contribution in [0.2, 0.25) is 5.02 Å². The maximum absolute atomic E-state index is 12.5. The van der Waals surface area contributed by atoms with Crippen molar-refractivity contribution in [1.29, 1.82) is 0 Å². The molecule has 0 bridgehead atoms. The molecule has 0 amide bonds. The molecule has 158 valence electrons. The number of carbonyl (C=O) groups excluding carboxylic acids is 1. The first-order valence-corrected chi connectivity index (χ1v) is 10.9. The highest BCUT2D eigenvalue weighted by Gasteiger charge is 2.34. The first-order chi connectivity index (χ1) is 13.6. The van der Waals surface area contributed by atoms with Crippen molar-refractivity contribution in [3.8, 4) is 5.69 Å². The highest BCUT2D eigenvalue weighted by Crippen LogP contribution is 2.32. The molecule has 1 N–H and O–H groups in total. The molecule has 2 aromatic rings. The van der Waals surface area contributed by atoms with Gasteiger partial charge >= 0.3 is 5.97 Å². The lowest BCUT2D eigenvalue weighted by molar-refractivity contribution is 0.0378. The molecule has 0 spiro atoms. The monoisotopic (exact) mass is 439 g/mol. The fourth-order valence-electron chi connectivity index (χ4n) is 2.91. The highest BCUT2D eigenvalue weighted by atomic mass is 35.5. The van der Waals surface area contributed by atoms with Gasteiger partial charge in [0.25, 0.3) is 0 Å². The van der Waals surface area contributed by atoms with Gasteiger partial charge in [0, 0.05) is 16.9 Å². The number of nitrogens with one attached hydrogen (secondary N) is 1. The maximum Gasteiger partial charge on any atom is 0.339 e. The van der Waals surface area contributed by atoms with Crippen molar-refractivity contribution in [3.63, 3.8) is 0 Å². The lowest BCUT2D eigenvalue weighted by atomic mass is 10.1. The summed E-state index contributed by atoms with van der Waals surface area (Å²) in [4.78, 5) is 12.3. The Kier molecular flexibility index (Phi) is 6.60. The Morgan fingerprint density at radius 2 is 2.17 bits per heavy atom. The minimum absolute atomic E-state index is 0.247. The number of ether oxygens (including phenoxy) is 2. The summed E-state index contributed by atoms with van der Waals surface area (Å²) in [5.41, 5.74) is 2.55. The molecule has 0 saturated heterocycles. The van der Waals surface area contributed by atoms with E-state index in [2.05, 4.69) is 9.82 Å². The van der Waals surface area contributed by atoms with Gasteiger partial charge in [-0.25, -0.2) is 9.48 Å². The van der Waals surface area contributed by atoms with Gasteiger partial charge in [0.05, 0.1) is 47.5 Å². The van der Waals surface area contributed by atoms with E-state index in [1.165, 1.54) is 0 Å². The third-order valence-electron chi connectivity index (χ3n) is 4.37. The number of nitrogens with zero attached hydrogens (tertiary/aromatic N) is 2. The third-order valence-corrected chi connectivity index (χ3v) is 6.38. The standard InChI is InChI=1S/C20H26ClN3O4S/c1-12(2)28-19(25)13-7-6-8-16(18(13)21)24-17-11-27-10-15(14(17)9-22-24)23-29(26)20(3,4)5/h6-9,12,15,23H,10-11H2,1-5H3/t15-,29+/m1/s1. The minimum Gasteiger partial charge on any atom is -0.598 e. The van der Waals surface area contributed by atoms with Gasteiger partial charge in [-0.05, 0) is 46.8 Å². The van der Waals surface area contributed by atoms with Crippen LogP contribution in [0.15, 0.2) is 24.4 Å². The number of hydrogen-bond donors (Lipinski definition) is 1. The lowest BCUT2D eigenvalue weighted by Gasteiger charge is -2.30. The lowest BCUT2D eigenvalue weighted by Crippen LogP contribution is -2.43. The van der Waals surface area contributed by atoms with Crippen LogP contribution in [-0.2, 0) is 27.4 Å². The van der Waals surface area contributed by atoms with E-state index in [4.69, 9.17) is 21.1 Å². The summed E-state index contributed by atoms with van der Waals surface area (Å²) in [5.74, 6) is -0.482. The molecule has 1 aromatic heterocycles. The quantitative estimate of drug-likeness (QED) is 0.564. The number of esters is 1. The summed E-state index contributed by atoms with van der Waals surface area (Å²) in [6, 6.07) is 4.90. The molecular formula is C20H26ClN3O4S. The Balaban J connectivity index is 1.94. The van der Waals surface area contributed by atoms with Crippen LogP contribution < -0.4 is 4.72 Å². The highest BCUT2D eigenvalue weighted by molar-refractivity contribution is 7.90. The van der Waals surface area contributed by atoms with Gasteiger partial charge in [-0.1, -0.05) is 17.7 Å². The maximum atomic E-state index is 12.5. The predicted octanol–water partition coefficient (Wildman–Crippen LogP) is 3.71. The zero-order valence-electron chi connectivity index (χ0n) is 17.2. The molecular weight excluding hydrogens is 414 g/mol. The van der Waals surface area contributed by atoms with Crippen molar-refractivity contribution in [2.45, 2.75) is 58.1 Å². The van der Waals surface area contributed by atoms with E-state index in [-0.39, 0.29) is 22.7 Å². The number of aromatic nitrogens is 2. The molecule has 1 aliphatic rings. The first-order valence-electron chi connectivity index (χ1n) is 9.42. The molecule has 9 heteroatoms. The number of fused-ring (bicyclic) bond motifs is 1. The minimum atomic E-state index is -1.25. The Bertz CT molecular complexity index is 894. The zero-order chi connectivity index (χ0) is 21.3. The molecule has 7 nitrogen and oxygen atoms in total. The van der Waals surface area contributed by atoms with Gasteiger partial charge in [0.1, 0.15) is 10.8 Å². The number of hydrogen-bond acceptors (Lipinski definition) is 6. The molecule has 0 fully saturated rings. The van der Waals surface area contributed by atoms with Crippen molar-refractivity contribution in [1.82, 2.24) is 14.5 Å². The van der Waals surface area contributed by atoms with Crippen molar-refractivity contribution in [2.24, 2.45) is 0 Å². The summed E-state index contributed by atoms with van der Waals surface area (Å²) in [6.45, 7) is 10.0. The average molecular weight is 440 g/mol. The number of halogens is 1. The fourth-order valence-corrected chi connectivity index (χ4v) is 4.01. The summed E-state index contributed by atoms with van der Waals surface area (Å²) in [7, 11) is 0. The Hall–Kier alpha value is -1.58. The average Bonchev–Trinajstić information content (AvgIpc) is 3.05. The predicted molar refractivity (Wildman–Crippen MR) is 113 cm³/mol. The van der Waals surface area contributed by atoms with Gasteiger partial charge in [-0.15, -0.1) is 4.72 Å². The van der Waals surface area contributed by atoms with Crippen LogP contribution in [0.25, 0.3) is 5.69 Å². The largest absolute Gasteiger partial charge is 0.598 e. The second kappa shape index (κ2) is 8.65. The molecule has 29 heavy (non-hydrogen) atoms. The third kappa shape index (κ3) is 4.78. The van der Waals surface area contributed by atoms with Crippen molar-refractivity contribution in [3.05, 3.63) is 46.2 Å². The summed E-state index contributed by atoms with van der Waals surface area (Å²) >= 11 is 5.28. The molecule has 2 heterocycles. The number of benzene rings is 1. The van der Waals surface area contributed by atoms with Crippen LogP contribution in [0.1, 0.15) is 62.3 Å². The van der Waals surface area contributed by atoms with Gasteiger partial charge in [0.15, 0.2) is 0 Å². The van der Waals surface area contributed by atoms with Crippen molar-refractivity contribution < 1.29 is 18.8 Å². The van der Waals surface area contributed by atoms with E-state index in [0.29, 0.717) is 18.9 Å².